The van der Waals surface area contributed by atoms with Gasteiger partial charge in [0.2, 0.25) is 0 Å². The summed E-state index contributed by atoms with van der Waals surface area (Å²) in [5, 5.41) is 17.8. The van der Waals surface area contributed by atoms with Crippen LogP contribution in [0.3, 0.4) is 0 Å². The number of halogens is 1. The third-order valence-electron chi connectivity index (χ3n) is 7.84. The van der Waals surface area contributed by atoms with Crippen LogP contribution in [0.5, 0.6) is 0 Å². The van der Waals surface area contributed by atoms with Crippen LogP contribution in [0.1, 0.15) is 17.9 Å². The Morgan fingerprint density at radius 2 is 2.20 bits per heavy atom. The van der Waals surface area contributed by atoms with E-state index in [1.165, 1.54) is 0 Å². The number of nitrogens with two attached hydrogens (primary N) is 1. The fourth-order valence-electron chi connectivity index (χ4n) is 6.05. The zero-order chi connectivity index (χ0) is 23.9. The molecule has 1 saturated heterocycles. The molecule has 178 valence electrons. The van der Waals surface area contributed by atoms with Crippen LogP contribution in [0, 0.1) is 18.8 Å². The summed E-state index contributed by atoms with van der Waals surface area (Å²) in [6.45, 7) is 4.24. The van der Waals surface area contributed by atoms with Gasteiger partial charge in [0.05, 0.1) is 22.4 Å². The van der Waals surface area contributed by atoms with E-state index in [0.29, 0.717) is 40.3 Å². The molecular weight excluding hydrogens is 466 g/mol. The van der Waals surface area contributed by atoms with E-state index in [-0.39, 0.29) is 5.41 Å². The molecule has 10 nitrogen and oxygen atoms in total. The van der Waals surface area contributed by atoms with Gasteiger partial charge >= 0.3 is 0 Å². The standard InChI is InChI=1S/C24H24ClN9O/c1-12-7-18(32-35-12)24(11-26)15-5-6-34(10-16(15)24)19-8-27-22-21(29-30-23(22)28-19)13-3-4-17-14(20(13)25)9-33(2)31-17/h3-4,7-9,15-16H,5-6,10-11,26H2,1-2H3,(H,28,29,30). The van der Waals surface area contributed by atoms with Crippen LogP contribution in [-0.4, -0.2) is 54.7 Å². The van der Waals surface area contributed by atoms with Crippen LogP contribution >= 0.6 is 11.6 Å². The number of fused-ring (bicyclic) bond motifs is 3. The summed E-state index contributed by atoms with van der Waals surface area (Å²) in [4.78, 5) is 11.9. The summed E-state index contributed by atoms with van der Waals surface area (Å²) in [6.07, 6.45) is 4.76. The highest BCUT2D eigenvalue weighted by Crippen LogP contribution is 2.62. The second kappa shape index (κ2) is 7.25. The van der Waals surface area contributed by atoms with E-state index in [0.717, 1.165) is 53.2 Å². The van der Waals surface area contributed by atoms with Gasteiger partial charge in [-0.2, -0.15) is 10.2 Å². The van der Waals surface area contributed by atoms with Crippen molar-refractivity contribution in [3.05, 3.63) is 47.1 Å². The molecule has 35 heavy (non-hydrogen) atoms. The number of aryl methyl sites for hydroxylation is 2. The number of aromatic nitrogens is 7. The predicted octanol–water partition coefficient (Wildman–Crippen LogP) is 3.21. The van der Waals surface area contributed by atoms with Gasteiger partial charge in [-0.25, -0.2) is 9.97 Å². The number of H-pyrrole nitrogens is 1. The average molecular weight is 490 g/mol. The number of rotatable bonds is 4. The zero-order valence-electron chi connectivity index (χ0n) is 19.4. The third-order valence-corrected chi connectivity index (χ3v) is 8.25. The van der Waals surface area contributed by atoms with E-state index in [9.17, 15) is 0 Å². The number of hydrogen-bond acceptors (Lipinski definition) is 8. The quantitative estimate of drug-likeness (QED) is 0.394. The molecule has 11 heteroatoms. The summed E-state index contributed by atoms with van der Waals surface area (Å²) in [5.41, 5.74) is 10.8. The van der Waals surface area contributed by atoms with Crippen LogP contribution in [0.4, 0.5) is 5.82 Å². The first kappa shape index (κ1) is 20.8. The summed E-state index contributed by atoms with van der Waals surface area (Å²) in [6, 6.07) is 5.90. The van der Waals surface area contributed by atoms with Gasteiger partial charge in [0.25, 0.3) is 0 Å². The molecule has 5 aromatic rings. The predicted molar refractivity (Wildman–Crippen MR) is 132 cm³/mol. The lowest BCUT2D eigenvalue weighted by Crippen LogP contribution is -2.32. The molecule has 0 spiro atoms. The molecule has 0 amide bonds. The van der Waals surface area contributed by atoms with Crippen molar-refractivity contribution in [3.63, 3.8) is 0 Å². The monoisotopic (exact) mass is 489 g/mol. The van der Waals surface area contributed by atoms with Crippen molar-refractivity contribution in [2.24, 2.45) is 24.6 Å². The highest BCUT2D eigenvalue weighted by atomic mass is 35.5. The molecule has 1 saturated carbocycles. The summed E-state index contributed by atoms with van der Waals surface area (Å²) in [7, 11) is 1.88. The number of piperidine rings is 1. The van der Waals surface area contributed by atoms with E-state index < -0.39 is 0 Å². The van der Waals surface area contributed by atoms with Crippen LogP contribution in [-0.2, 0) is 12.5 Å². The van der Waals surface area contributed by atoms with Gasteiger partial charge in [-0.05, 0) is 37.3 Å². The summed E-state index contributed by atoms with van der Waals surface area (Å²) >= 11 is 6.73. The van der Waals surface area contributed by atoms with Crippen LogP contribution in [0.25, 0.3) is 33.3 Å². The molecule has 7 rings (SSSR count). The lowest BCUT2D eigenvalue weighted by molar-refractivity contribution is 0.379. The lowest BCUT2D eigenvalue weighted by Gasteiger charge is -2.26. The van der Waals surface area contributed by atoms with Gasteiger partial charge in [0, 0.05) is 55.3 Å². The maximum Gasteiger partial charge on any atom is 0.177 e. The Hall–Kier alpha value is -3.50. The maximum atomic E-state index is 6.73. The normalized spacial score (nSPS) is 23.8. The molecule has 3 unspecified atom stereocenters. The largest absolute Gasteiger partial charge is 0.361 e. The van der Waals surface area contributed by atoms with Gasteiger partial charge in [0.1, 0.15) is 22.8 Å². The van der Waals surface area contributed by atoms with Crippen molar-refractivity contribution in [3.8, 4) is 11.3 Å². The fourth-order valence-corrected chi connectivity index (χ4v) is 6.35. The first-order valence-electron chi connectivity index (χ1n) is 11.7. The van der Waals surface area contributed by atoms with Crippen molar-refractivity contribution >= 4 is 39.5 Å². The van der Waals surface area contributed by atoms with Gasteiger partial charge < -0.3 is 15.2 Å². The van der Waals surface area contributed by atoms with Gasteiger partial charge in [-0.3, -0.25) is 9.78 Å². The Bertz CT molecular complexity index is 1600. The Morgan fingerprint density at radius 1 is 1.31 bits per heavy atom. The van der Waals surface area contributed by atoms with E-state index in [1.807, 2.05) is 44.6 Å². The smallest absolute Gasteiger partial charge is 0.177 e. The number of aromatic amines is 1. The molecule has 3 N–H and O–H groups in total. The Balaban J connectivity index is 1.20. The van der Waals surface area contributed by atoms with E-state index in [1.54, 1.807) is 4.68 Å². The molecule has 0 radical (unpaired) electrons. The van der Waals surface area contributed by atoms with Crippen LogP contribution in [0.15, 0.2) is 35.1 Å². The summed E-state index contributed by atoms with van der Waals surface area (Å²) < 4.78 is 7.12. The molecule has 1 aromatic carbocycles. The Labute approximate surface area is 205 Å². The second-order valence-electron chi connectivity index (χ2n) is 9.68. The average Bonchev–Trinajstić information content (AvgIpc) is 3.24. The van der Waals surface area contributed by atoms with Crippen LogP contribution in [0.2, 0.25) is 5.02 Å². The Kier molecular flexibility index (Phi) is 4.32. The molecule has 4 aromatic heterocycles. The van der Waals surface area contributed by atoms with E-state index >= 15 is 0 Å². The third kappa shape index (κ3) is 2.90. The van der Waals surface area contributed by atoms with Crippen molar-refractivity contribution in [2.45, 2.75) is 18.8 Å². The number of benzene rings is 1. The van der Waals surface area contributed by atoms with Crippen LogP contribution < -0.4 is 10.6 Å². The minimum atomic E-state index is -0.104. The number of hydrogen-bond donors (Lipinski definition) is 2. The molecule has 3 atom stereocenters. The van der Waals surface area contributed by atoms with Gasteiger partial charge in [-0.15, -0.1) is 0 Å². The Morgan fingerprint density at radius 3 is 3.00 bits per heavy atom. The SMILES string of the molecule is Cc1cc(C2(CN)C3CCN(c4cnc5c(-c6ccc7nn(C)cc7c6Cl)n[nH]c5n4)CC32)no1. The number of nitrogens with one attached hydrogen (secondary N) is 1. The molecule has 2 aliphatic rings. The van der Waals surface area contributed by atoms with Crippen molar-refractivity contribution in [2.75, 3.05) is 24.5 Å². The number of nitrogens with zero attached hydrogens (tertiary/aromatic N) is 7. The molecule has 1 aliphatic carbocycles. The van der Waals surface area contributed by atoms with Gasteiger partial charge in [0.15, 0.2) is 5.65 Å². The maximum absolute atomic E-state index is 6.73. The molecule has 2 fully saturated rings. The highest BCUT2D eigenvalue weighted by Gasteiger charge is 2.67. The number of anilines is 1. The molecule has 1 aliphatic heterocycles. The van der Waals surface area contributed by atoms with Gasteiger partial charge in [-0.1, -0.05) is 16.8 Å². The first-order chi connectivity index (χ1) is 17.0. The first-order valence-corrected chi connectivity index (χ1v) is 12.1. The highest BCUT2D eigenvalue weighted by molar-refractivity contribution is 6.38. The van der Waals surface area contributed by atoms with Crippen molar-refractivity contribution in [1.82, 2.24) is 35.1 Å². The topological polar surface area (TPSA) is 128 Å². The summed E-state index contributed by atoms with van der Waals surface area (Å²) in [5.74, 6) is 2.59. The molecule has 5 heterocycles. The molecule has 0 bridgehead atoms. The van der Waals surface area contributed by atoms with E-state index in [2.05, 4.69) is 25.4 Å². The zero-order valence-corrected chi connectivity index (χ0v) is 20.1. The minimum Gasteiger partial charge on any atom is -0.361 e. The molecular formula is C24H24ClN9O. The van der Waals surface area contributed by atoms with Crippen molar-refractivity contribution < 1.29 is 4.52 Å². The van der Waals surface area contributed by atoms with E-state index in [4.69, 9.17) is 31.8 Å². The lowest BCUT2D eigenvalue weighted by atomic mass is 9.97. The second-order valence-corrected chi connectivity index (χ2v) is 10.1. The minimum absolute atomic E-state index is 0.104. The fraction of sp³-hybridized carbons (Fsp3) is 0.375. The van der Waals surface area contributed by atoms with Crippen molar-refractivity contribution in [1.29, 1.82) is 0 Å².